The lowest BCUT2D eigenvalue weighted by molar-refractivity contribution is 0.620. The number of benzene rings is 1. The van der Waals surface area contributed by atoms with Crippen molar-refractivity contribution in [1.82, 2.24) is 0 Å². The average Bonchev–Trinajstić information content (AvgIpc) is 2.75. The third kappa shape index (κ3) is 2.27. The van der Waals surface area contributed by atoms with Crippen molar-refractivity contribution in [2.45, 2.75) is 38.6 Å². The second-order valence-electron chi connectivity index (χ2n) is 4.44. The standard InChI is InChI=1S/C13H19ClN2/c1-2-16(11-5-3-4-6-11)13-8-7-10(15)9-12(13)14/h7-9,11H,2-6,15H2,1H3. The van der Waals surface area contributed by atoms with Gasteiger partial charge < -0.3 is 10.6 Å². The summed E-state index contributed by atoms with van der Waals surface area (Å²) in [6, 6.07) is 6.47. The van der Waals surface area contributed by atoms with Crippen molar-refractivity contribution < 1.29 is 0 Å². The smallest absolute Gasteiger partial charge is 0.0660 e. The summed E-state index contributed by atoms with van der Waals surface area (Å²) >= 11 is 6.26. The number of nitrogen functional groups attached to an aromatic ring is 1. The topological polar surface area (TPSA) is 29.3 Å². The van der Waals surface area contributed by atoms with Crippen molar-refractivity contribution in [3.63, 3.8) is 0 Å². The Morgan fingerprint density at radius 3 is 2.62 bits per heavy atom. The predicted molar refractivity (Wildman–Crippen MR) is 71.1 cm³/mol. The summed E-state index contributed by atoms with van der Waals surface area (Å²) in [7, 11) is 0. The first-order valence-electron chi connectivity index (χ1n) is 6.04. The molecule has 0 radical (unpaired) electrons. The fourth-order valence-electron chi connectivity index (χ4n) is 2.60. The molecule has 1 aliphatic rings. The summed E-state index contributed by atoms with van der Waals surface area (Å²) in [4.78, 5) is 2.41. The Morgan fingerprint density at radius 2 is 2.06 bits per heavy atom. The molecule has 1 aliphatic carbocycles. The zero-order valence-electron chi connectivity index (χ0n) is 9.75. The quantitative estimate of drug-likeness (QED) is 0.814. The summed E-state index contributed by atoms with van der Waals surface area (Å²) in [5.74, 6) is 0. The van der Waals surface area contributed by atoms with E-state index in [-0.39, 0.29) is 0 Å². The van der Waals surface area contributed by atoms with E-state index in [0.717, 1.165) is 22.9 Å². The van der Waals surface area contributed by atoms with Crippen LogP contribution >= 0.6 is 11.6 Å². The van der Waals surface area contributed by atoms with Crippen molar-refractivity contribution in [2.75, 3.05) is 17.2 Å². The lowest BCUT2D eigenvalue weighted by atomic mass is 10.1. The normalized spacial score (nSPS) is 16.6. The molecule has 2 nitrogen and oxygen atoms in total. The molecular formula is C13H19ClN2. The third-order valence-corrected chi connectivity index (χ3v) is 3.69. The number of hydrogen-bond acceptors (Lipinski definition) is 2. The molecule has 0 bridgehead atoms. The Bertz CT molecular complexity index is 359. The molecule has 1 fully saturated rings. The van der Waals surface area contributed by atoms with Crippen molar-refractivity contribution in [2.24, 2.45) is 0 Å². The van der Waals surface area contributed by atoms with Gasteiger partial charge in [-0.15, -0.1) is 0 Å². The second kappa shape index (κ2) is 4.96. The van der Waals surface area contributed by atoms with Gasteiger partial charge in [-0.1, -0.05) is 24.4 Å². The molecule has 1 saturated carbocycles. The minimum atomic E-state index is 0.658. The molecule has 0 aliphatic heterocycles. The molecule has 0 spiro atoms. The first-order valence-corrected chi connectivity index (χ1v) is 6.42. The lowest BCUT2D eigenvalue weighted by Gasteiger charge is -2.30. The SMILES string of the molecule is CCN(c1ccc(N)cc1Cl)C1CCCC1. The van der Waals surface area contributed by atoms with Gasteiger partial charge in [0, 0.05) is 18.3 Å². The van der Waals surface area contributed by atoms with Gasteiger partial charge in [0.05, 0.1) is 10.7 Å². The molecule has 0 aromatic heterocycles. The van der Waals surface area contributed by atoms with Crippen LogP contribution in [-0.4, -0.2) is 12.6 Å². The highest BCUT2D eigenvalue weighted by molar-refractivity contribution is 6.33. The Balaban J connectivity index is 2.25. The second-order valence-corrected chi connectivity index (χ2v) is 4.84. The fourth-order valence-corrected chi connectivity index (χ4v) is 2.89. The number of nitrogens with two attached hydrogens (primary N) is 1. The van der Waals surface area contributed by atoms with Crippen molar-refractivity contribution in [1.29, 1.82) is 0 Å². The highest BCUT2D eigenvalue weighted by Gasteiger charge is 2.22. The van der Waals surface area contributed by atoms with Crippen LogP contribution in [0.4, 0.5) is 11.4 Å². The number of rotatable bonds is 3. The van der Waals surface area contributed by atoms with Crippen LogP contribution in [0.1, 0.15) is 32.6 Å². The molecule has 0 atom stereocenters. The fraction of sp³-hybridized carbons (Fsp3) is 0.538. The zero-order chi connectivity index (χ0) is 11.5. The van der Waals surface area contributed by atoms with Crippen molar-refractivity contribution in [3.8, 4) is 0 Å². The Hall–Kier alpha value is -0.890. The number of hydrogen-bond donors (Lipinski definition) is 1. The molecule has 2 rings (SSSR count). The van der Waals surface area contributed by atoms with Crippen LogP contribution in [-0.2, 0) is 0 Å². The van der Waals surface area contributed by atoms with Crippen LogP contribution < -0.4 is 10.6 Å². The van der Waals surface area contributed by atoms with Gasteiger partial charge in [-0.3, -0.25) is 0 Å². The van der Waals surface area contributed by atoms with E-state index in [1.807, 2.05) is 18.2 Å². The van der Waals surface area contributed by atoms with Crippen LogP contribution in [0.5, 0.6) is 0 Å². The molecule has 3 heteroatoms. The summed E-state index contributed by atoms with van der Waals surface area (Å²) in [6.45, 7) is 3.19. The largest absolute Gasteiger partial charge is 0.399 e. The Morgan fingerprint density at radius 1 is 1.38 bits per heavy atom. The molecule has 0 amide bonds. The summed E-state index contributed by atoms with van der Waals surface area (Å²) < 4.78 is 0. The number of halogens is 1. The number of nitrogens with zero attached hydrogens (tertiary/aromatic N) is 1. The van der Waals surface area contributed by atoms with Crippen molar-refractivity contribution >= 4 is 23.0 Å². The molecule has 88 valence electrons. The molecule has 1 aromatic carbocycles. The van der Waals surface area contributed by atoms with Gasteiger partial charge in [-0.25, -0.2) is 0 Å². The van der Waals surface area contributed by atoms with Crippen LogP contribution in [0.15, 0.2) is 18.2 Å². The van der Waals surface area contributed by atoms with E-state index in [0.29, 0.717) is 6.04 Å². The summed E-state index contributed by atoms with van der Waals surface area (Å²) in [5, 5.41) is 0.772. The highest BCUT2D eigenvalue weighted by atomic mass is 35.5. The summed E-state index contributed by atoms with van der Waals surface area (Å²) in [5.41, 5.74) is 7.58. The maximum atomic E-state index is 6.26. The van der Waals surface area contributed by atoms with Crippen molar-refractivity contribution in [3.05, 3.63) is 23.2 Å². The van der Waals surface area contributed by atoms with Crippen LogP contribution in [0.25, 0.3) is 0 Å². The number of anilines is 2. The minimum Gasteiger partial charge on any atom is -0.399 e. The molecule has 0 unspecified atom stereocenters. The summed E-state index contributed by atoms with van der Waals surface area (Å²) in [6.07, 6.45) is 5.25. The van der Waals surface area contributed by atoms with E-state index >= 15 is 0 Å². The molecule has 0 heterocycles. The van der Waals surface area contributed by atoms with E-state index < -0.39 is 0 Å². The molecule has 1 aromatic rings. The maximum Gasteiger partial charge on any atom is 0.0660 e. The van der Waals surface area contributed by atoms with E-state index in [4.69, 9.17) is 17.3 Å². The maximum absolute atomic E-state index is 6.26. The van der Waals surface area contributed by atoms with Gasteiger partial charge in [0.15, 0.2) is 0 Å². The van der Waals surface area contributed by atoms with E-state index in [9.17, 15) is 0 Å². The van der Waals surface area contributed by atoms with Gasteiger partial charge in [-0.05, 0) is 38.0 Å². The minimum absolute atomic E-state index is 0.658. The van der Waals surface area contributed by atoms with Gasteiger partial charge in [0.1, 0.15) is 0 Å². The van der Waals surface area contributed by atoms with Gasteiger partial charge in [-0.2, -0.15) is 0 Å². The van der Waals surface area contributed by atoms with Gasteiger partial charge in [0.25, 0.3) is 0 Å². The highest BCUT2D eigenvalue weighted by Crippen LogP contribution is 2.33. The van der Waals surface area contributed by atoms with E-state index in [1.165, 1.54) is 25.7 Å². The van der Waals surface area contributed by atoms with Crippen LogP contribution in [0, 0.1) is 0 Å². The molecule has 16 heavy (non-hydrogen) atoms. The van der Waals surface area contributed by atoms with E-state index in [2.05, 4.69) is 11.8 Å². The predicted octanol–water partition coefficient (Wildman–Crippen LogP) is 3.69. The first-order chi connectivity index (χ1) is 7.72. The third-order valence-electron chi connectivity index (χ3n) is 3.39. The molecular weight excluding hydrogens is 220 g/mol. The lowest BCUT2D eigenvalue weighted by Crippen LogP contribution is -2.33. The monoisotopic (exact) mass is 238 g/mol. The zero-order valence-corrected chi connectivity index (χ0v) is 10.5. The van der Waals surface area contributed by atoms with Crippen LogP contribution in [0.3, 0.4) is 0 Å². The average molecular weight is 239 g/mol. The Kier molecular flexibility index (Phi) is 3.59. The molecule has 2 N–H and O–H groups in total. The Labute approximate surface area is 102 Å². The molecule has 0 saturated heterocycles. The van der Waals surface area contributed by atoms with E-state index in [1.54, 1.807) is 0 Å². The first kappa shape index (κ1) is 11.6. The van der Waals surface area contributed by atoms with Crippen LogP contribution in [0.2, 0.25) is 5.02 Å². The van der Waals surface area contributed by atoms with Gasteiger partial charge >= 0.3 is 0 Å². The van der Waals surface area contributed by atoms with Gasteiger partial charge in [0.2, 0.25) is 0 Å².